The van der Waals surface area contributed by atoms with Crippen LogP contribution in [0, 0.1) is 0 Å². The zero-order chi connectivity index (χ0) is 18.3. The van der Waals surface area contributed by atoms with Gasteiger partial charge in [-0.25, -0.2) is 4.98 Å². The Labute approximate surface area is 150 Å². The van der Waals surface area contributed by atoms with Gasteiger partial charge in [0.05, 0.1) is 24.1 Å². The Morgan fingerprint density at radius 3 is 2.85 bits per heavy atom. The van der Waals surface area contributed by atoms with Gasteiger partial charge in [-0.15, -0.1) is 0 Å². The topological polar surface area (TPSA) is 117 Å². The number of hydrogen-bond donors (Lipinski definition) is 3. The van der Waals surface area contributed by atoms with Crippen molar-refractivity contribution in [2.45, 2.75) is 24.8 Å². The Morgan fingerprint density at radius 2 is 2.19 bits per heavy atom. The van der Waals surface area contributed by atoms with E-state index >= 15 is 0 Å². The first-order valence-electron chi connectivity index (χ1n) is 8.62. The number of likely N-dealkylation sites (N-methyl/N-ethyl adjacent to an activating group) is 1. The quantitative estimate of drug-likeness (QED) is 0.635. The van der Waals surface area contributed by atoms with Crippen molar-refractivity contribution < 1.29 is 4.79 Å². The van der Waals surface area contributed by atoms with Crippen LogP contribution in [0.2, 0.25) is 0 Å². The molecule has 0 bridgehead atoms. The molecule has 0 aromatic carbocycles. The van der Waals surface area contributed by atoms with Crippen LogP contribution in [0.4, 0.5) is 5.82 Å². The molecule has 1 aliphatic rings. The highest BCUT2D eigenvalue weighted by atomic mass is 16.2. The molecule has 0 unspecified atom stereocenters. The summed E-state index contributed by atoms with van der Waals surface area (Å²) in [7, 11) is 3.56. The summed E-state index contributed by atoms with van der Waals surface area (Å²) >= 11 is 0. The number of piperidine rings is 1. The fourth-order valence-electron chi connectivity index (χ4n) is 3.45. The average Bonchev–Trinajstić information content (AvgIpc) is 3.30. The molecule has 1 fully saturated rings. The van der Waals surface area contributed by atoms with E-state index in [1.54, 1.807) is 42.1 Å². The van der Waals surface area contributed by atoms with Crippen molar-refractivity contribution in [2.75, 3.05) is 26.4 Å². The molecule has 2 atom stereocenters. The Hall–Kier alpha value is -2.94. The summed E-state index contributed by atoms with van der Waals surface area (Å²) in [5.41, 5.74) is 9.64. The summed E-state index contributed by atoms with van der Waals surface area (Å²) in [6, 6.07) is 1.75. The predicted molar refractivity (Wildman–Crippen MR) is 97.4 cm³/mol. The molecule has 26 heavy (non-hydrogen) atoms. The molecule has 136 valence electrons. The Balaban J connectivity index is 1.62. The number of rotatable bonds is 3. The van der Waals surface area contributed by atoms with Crippen LogP contribution < -0.4 is 11.1 Å². The number of fused-ring (bicyclic) bond motifs is 1. The molecule has 3 aromatic rings. The molecule has 1 amide bonds. The van der Waals surface area contributed by atoms with E-state index in [1.807, 2.05) is 6.07 Å². The van der Waals surface area contributed by atoms with Crippen molar-refractivity contribution in [2.24, 2.45) is 0 Å². The van der Waals surface area contributed by atoms with E-state index in [-0.39, 0.29) is 17.9 Å². The third-order valence-corrected chi connectivity index (χ3v) is 4.90. The molecule has 0 radical (unpaired) electrons. The number of nitrogens with one attached hydrogen (secondary N) is 2. The molecular weight excluding hydrogens is 332 g/mol. The molecule has 4 rings (SSSR count). The molecule has 0 spiro atoms. The zero-order valence-corrected chi connectivity index (χ0v) is 14.8. The van der Waals surface area contributed by atoms with Gasteiger partial charge in [0.2, 0.25) is 5.91 Å². The normalized spacial score (nSPS) is 20.4. The number of anilines is 1. The molecule has 4 heterocycles. The third kappa shape index (κ3) is 2.80. The second-order valence-corrected chi connectivity index (χ2v) is 6.85. The van der Waals surface area contributed by atoms with Gasteiger partial charge in [0.25, 0.3) is 0 Å². The molecule has 9 heteroatoms. The molecule has 1 saturated heterocycles. The fourth-order valence-corrected chi connectivity index (χ4v) is 3.45. The second-order valence-electron chi connectivity index (χ2n) is 6.85. The van der Waals surface area contributed by atoms with E-state index in [4.69, 9.17) is 10.7 Å². The lowest BCUT2D eigenvalue weighted by Crippen LogP contribution is -2.48. The molecule has 3 aromatic heterocycles. The van der Waals surface area contributed by atoms with E-state index in [0.717, 1.165) is 29.7 Å². The van der Waals surface area contributed by atoms with Crippen molar-refractivity contribution >= 4 is 17.4 Å². The van der Waals surface area contributed by atoms with Crippen molar-refractivity contribution in [1.29, 1.82) is 0 Å². The lowest BCUT2D eigenvalue weighted by atomic mass is 9.91. The van der Waals surface area contributed by atoms with Gasteiger partial charge >= 0.3 is 0 Å². The highest BCUT2D eigenvalue weighted by Gasteiger charge is 2.28. The van der Waals surface area contributed by atoms with Gasteiger partial charge in [-0.3, -0.25) is 9.89 Å². The van der Waals surface area contributed by atoms with Gasteiger partial charge < -0.3 is 16.0 Å². The van der Waals surface area contributed by atoms with Gasteiger partial charge in [0.1, 0.15) is 5.82 Å². The van der Waals surface area contributed by atoms with Crippen molar-refractivity contribution in [3.8, 4) is 11.1 Å². The number of aromatic nitrogens is 5. The SMILES string of the molecule is CN(C)C(=O)[C@@H]1CC[C@H](c2cc(N)n3ncc(-c4cn[nH]c4)c3n2)CN1. The van der Waals surface area contributed by atoms with Gasteiger partial charge in [-0.05, 0) is 12.8 Å². The van der Waals surface area contributed by atoms with E-state index in [2.05, 4.69) is 20.6 Å². The van der Waals surface area contributed by atoms with Crippen LogP contribution >= 0.6 is 0 Å². The summed E-state index contributed by atoms with van der Waals surface area (Å²) in [5.74, 6) is 0.872. The molecule has 0 saturated carbocycles. The van der Waals surface area contributed by atoms with Gasteiger partial charge in [0.15, 0.2) is 5.65 Å². The maximum Gasteiger partial charge on any atom is 0.239 e. The lowest BCUT2D eigenvalue weighted by molar-refractivity contribution is -0.131. The number of carbonyl (C=O) groups excluding carboxylic acids is 1. The first-order chi connectivity index (χ1) is 12.5. The Kier molecular flexibility index (Phi) is 4.08. The van der Waals surface area contributed by atoms with E-state index in [0.29, 0.717) is 18.0 Å². The van der Waals surface area contributed by atoms with Crippen LogP contribution in [-0.4, -0.2) is 62.3 Å². The zero-order valence-electron chi connectivity index (χ0n) is 14.8. The highest BCUT2D eigenvalue weighted by molar-refractivity contribution is 5.81. The van der Waals surface area contributed by atoms with Crippen molar-refractivity contribution in [3.05, 3.63) is 30.4 Å². The fraction of sp³-hybridized carbons (Fsp3) is 0.412. The first-order valence-corrected chi connectivity index (χ1v) is 8.62. The van der Waals surface area contributed by atoms with E-state index in [1.165, 1.54) is 0 Å². The number of amides is 1. The van der Waals surface area contributed by atoms with Gasteiger partial charge in [-0.2, -0.15) is 14.7 Å². The number of nitrogen functional groups attached to an aromatic ring is 1. The maximum atomic E-state index is 12.1. The molecule has 0 aliphatic carbocycles. The monoisotopic (exact) mass is 354 g/mol. The summed E-state index contributed by atoms with van der Waals surface area (Å²) in [5, 5.41) is 14.5. The number of nitrogens with zero attached hydrogens (tertiary/aromatic N) is 5. The second kappa shape index (κ2) is 6.41. The predicted octanol–water partition coefficient (Wildman–Crippen LogP) is 0.625. The molecular formula is C17H22N8O. The van der Waals surface area contributed by atoms with E-state index in [9.17, 15) is 4.79 Å². The minimum Gasteiger partial charge on any atom is -0.384 e. The maximum absolute atomic E-state index is 12.1. The van der Waals surface area contributed by atoms with E-state index < -0.39 is 0 Å². The summed E-state index contributed by atoms with van der Waals surface area (Å²) in [6.07, 6.45) is 6.96. The minimum absolute atomic E-state index is 0.115. The minimum atomic E-state index is -0.126. The largest absolute Gasteiger partial charge is 0.384 e. The van der Waals surface area contributed by atoms with Crippen LogP contribution in [0.15, 0.2) is 24.7 Å². The average molecular weight is 354 g/mol. The van der Waals surface area contributed by atoms with Crippen LogP contribution in [0.1, 0.15) is 24.5 Å². The molecule has 9 nitrogen and oxygen atoms in total. The van der Waals surface area contributed by atoms with Crippen LogP contribution in [0.3, 0.4) is 0 Å². The molecule has 1 aliphatic heterocycles. The number of carbonyl (C=O) groups is 1. The number of H-pyrrole nitrogens is 1. The third-order valence-electron chi connectivity index (χ3n) is 4.90. The summed E-state index contributed by atoms with van der Waals surface area (Å²) in [6.45, 7) is 0.696. The number of nitrogens with two attached hydrogens (primary N) is 1. The highest BCUT2D eigenvalue weighted by Crippen LogP contribution is 2.29. The standard InChI is InChI=1S/C17H22N8O/c1-24(2)17(26)13-4-3-10(6-19-13)14-5-15(18)25-16(23-14)12(9-22-25)11-7-20-21-8-11/h5,7-10,13,19H,3-4,6,18H2,1-2H3,(H,20,21)/t10-,13-/m0/s1. The number of aromatic amines is 1. The van der Waals surface area contributed by atoms with Gasteiger partial charge in [-0.1, -0.05) is 0 Å². The van der Waals surface area contributed by atoms with Crippen molar-refractivity contribution in [1.82, 2.24) is 35.0 Å². The van der Waals surface area contributed by atoms with Crippen LogP contribution in [-0.2, 0) is 4.79 Å². The molecule has 4 N–H and O–H groups in total. The number of hydrogen-bond acceptors (Lipinski definition) is 6. The summed E-state index contributed by atoms with van der Waals surface area (Å²) in [4.78, 5) is 18.6. The van der Waals surface area contributed by atoms with Crippen LogP contribution in [0.25, 0.3) is 16.8 Å². The van der Waals surface area contributed by atoms with Crippen LogP contribution in [0.5, 0.6) is 0 Å². The lowest BCUT2D eigenvalue weighted by Gasteiger charge is -2.30. The smallest absolute Gasteiger partial charge is 0.239 e. The Bertz CT molecular complexity index is 922. The van der Waals surface area contributed by atoms with Crippen molar-refractivity contribution in [3.63, 3.8) is 0 Å². The Morgan fingerprint density at radius 1 is 1.35 bits per heavy atom. The van der Waals surface area contributed by atoms with Gasteiger partial charge in [0, 0.05) is 49.9 Å². The first kappa shape index (κ1) is 16.5. The summed E-state index contributed by atoms with van der Waals surface area (Å²) < 4.78 is 1.64.